The first-order valence-corrected chi connectivity index (χ1v) is 7.15. The number of benzene rings is 1. The topological polar surface area (TPSA) is 79.6 Å². The third-order valence-electron chi connectivity index (χ3n) is 3.40. The van der Waals surface area contributed by atoms with Crippen LogP contribution in [-0.2, 0) is 4.79 Å². The minimum Gasteiger partial charge on any atom is -0.422 e. The fraction of sp³-hybridized carbons (Fsp3) is 0.312. The number of hydrogen-bond acceptors (Lipinski definition) is 4. The van der Waals surface area contributed by atoms with Crippen LogP contribution in [0.5, 0.6) is 0 Å². The van der Waals surface area contributed by atoms with Gasteiger partial charge in [0.15, 0.2) is 0 Å². The number of hydrogen-bond donors (Lipinski definition) is 1. The molecule has 22 heavy (non-hydrogen) atoms. The molecule has 2 amide bonds. The summed E-state index contributed by atoms with van der Waals surface area (Å²) >= 11 is 0. The predicted molar refractivity (Wildman–Crippen MR) is 82.7 cm³/mol. The molecule has 0 bridgehead atoms. The van der Waals surface area contributed by atoms with E-state index in [1.165, 1.54) is 6.07 Å². The van der Waals surface area contributed by atoms with E-state index in [2.05, 4.69) is 5.32 Å². The van der Waals surface area contributed by atoms with E-state index >= 15 is 0 Å². The van der Waals surface area contributed by atoms with Gasteiger partial charge >= 0.3 is 5.63 Å². The molecule has 0 atom stereocenters. The van der Waals surface area contributed by atoms with Gasteiger partial charge < -0.3 is 14.6 Å². The Morgan fingerprint density at radius 1 is 1.18 bits per heavy atom. The van der Waals surface area contributed by atoms with Crippen molar-refractivity contribution in [1.82, 2.24) is 10.2 Å². The fourth-order valence-electron chi connectivity index (χ4n) is 2.16. The lowest BCUT2D eigenvalue weighted by molar-refractivity contribution is -0.129. The van der Waals surface area contributed by atoms with Gasteiger partial charge in [0.05, 0.1) is 6.54 Å². The molecule has 0 aliphatic carbocycles. The van der Waals surface area contributed by atoms with E-state index in [-0.39, 0.29) is 18.0 Å². The Balaban J connectivity index is 2.15. The van der Waals surface area contributed by atoms with Crippen molar-refractivity contribution in [2.24, 2.45) is 0 Å². The minimum atomic E-state index is -0.716. The van der Waals surface area contributed by atoms with Gasteiger partial charge in [-0.2, -0.15) is 0 Å². The number of nitrogens with one attached hydrogen (secondary N) is 1. The van der Waals surface area contributed by atoms with Gasteiger partial charge in [0, 0.05) is 18.5 Å². The van der Waals surface area contributed by atoms with Crippen molar-refractivity contribution in [3.8, 4) is 0 Å². The third kappa shape index (κ3) is 3.33. The average molecular weight is 302 g/mol. The van der Waals surface area contributed by atoms with E-state index < -0.39 is 11.5 Å². The van der Waals surface area contributed by atoms with Crippen LogP contribution in [0.1, 0.15) is 24.2 Å². The van der Waals surface area contributed by atoms with E-state index in [0.717, 1.165) is 0 Å². The van der Waals surface area contributed by atoms with Crippen molar-refractivity contribution in [2.75, 3.05) is 19.6 Å². The summed E-state index contributed by atoms with van der Waals surface area (Å²) in [5.74, 6) is -0.802. The summed E-state index contributed by atoms with van der Waals surface area (Å²) in [5.41, 5.74) is -0.402. The zero-order valence-corrected chi connectivity index (χ0v) is 12.6. The van der Waals surface area contributed by atoms with Gasteiger partial charge in [-0.25, -0.2) is 4.79 Å². The molecule has 0 unspecified atom stereocenters. The largest absolute Gasteiger partial charge is 0.422 e. The summed E-state index contributed by atoms with van der Waals surface area (Å²) in [5, 5.41) is 3.12. The minimum absolute atomic E-state index is 0.106. The Hall–Kier alpha value is -2.63. The highest BCUT2D eigenvalue weighted by molar-refractivity contribution is 5.98. The standard InChI is InChI=1S/C16H18N2O4/c1-3-18(4-2)14(19)10-17-15(20)12-9-11-7-5-6-8-13(11)22-16(12)21/h5-9H,3-4,10H2,1-2H3,(H,17,20). The van der Waals surface area contributed by atoms with Crippen LogP contribution in [0.3, 0.4) is 0 Å². The van der Waals surface area contributed by atoms with Crippen LogP contribution in [0.15, 0.2) is 39.5 Å². The summed E-state index contributed by atoms with van der Waals surface area (Å²) in [7, 11) is 0. The molecule has 1 heterocycles. The highest BCUT2D eigenvalue weighted by Crippen LogP contribution is 2.12. The van der Waals surface area contributed by atoms with Crippen LogP contribution in [0.25, 0.3) is 11.0 Å². The van der Waals surface area contributed by atoms with Gasteiger partial charge in [0.1, 0.15) is 11.1 Å². The third-order valence-corrected chi connectivity index (χ3v) is 3.40. The smallest absolute Gasteiger partial charge is 0.349 e. The van der Waals surface area contributed by atoms with E-state index in [4.69, 9.17) is 4.42 Å². The summed E-state index contributed by atoms with van der Waals surface area (Å²) < 4.78 is 5.10. The average Bonchev–Trinajstić information content (AvgIpc) is 2.53. The first-order valence-electron chi connectivity index (χ1n) is 7.15. The van der Waals surface area contributed by atoms with E-state index in [0.29, 0.717) is 24.1 Å². The van der Waals surface area contributed by atoms with Gasteiger partial charge in [-0.05, 0) is 26.0 Å². The zero-order valence-electron chi connectivity index (χ0n) is 12.6. The molecule has 1 aromatic heterocycles. The van der Waals surface area contributed by atoms with Crippen molar-refractivity contribution in [1.29, 1.82) is 0 Å². The molecule has 1 N–H and O–H groups in total. The fourth-order valence-corrected chi connectivity index (χ4v) is 2.16. The lowest BCUT2D eigenvalue weighted by atomic mass is 10.2. The maximum absolute atomic E-state index is 12.1. The maximum Gasteiger partial charge on any atom is 0.349 e. The van der Waals surface area contributed by atoms with E-state index in [1.807, 2.05) is 13.8 Å². The summed E-state index contributed by atoms with van der Waals surface area (Å²) in [6, 6.07) is 8.40. The molecule has 0 fully saturated rings. The second-order valence-corrected chi connectivity index (χ2v) is 4.73. The highest BCUT2D eigenvalue weighted by Gasteiger charge is 2.16. The first-order chi connectivity index (χ1) is 10.6. The van der Waals surface area contributed by atoms with Gasteiger partial charge in [-0.1, -0.05) is 18.2 Å². The van der Waals surface area contributed by atoms with Crippen LogP contribution in [-0.4, -0.2) is 36.3 Å². The number of amides is 2. The van der Waals surface area contributed by atoms with Gasteiger partial charge in [0.2, 0.25) is 5.91 Å². The Morgan fingerprint density at radius 3 is 2.55 bits per heavy atom. The molecule has 0 saturated carbocycles. The van der Waals surface area contributed by atoms with Gasteiger partial charge in [0.25, 0.3) is 5.91 Å². The van der Waals surface area contributed by atoms with Crippen molar-refractivity contribution >= 4 is 22.8 Å². The monoisotopic (exact) mass is 302 g/mol. The number of fused-ring (bicyclic) bond motifs is 1. The molecule has 1 aromatic carbocycles. The van der Waals surface area contributed by atoms with Crippen LogP contribution in [0, 0.1) is 0 Å². The number of carbonyl (C=O) groups is 2. The quantitative estimate of drug-likeness (QED) is 0.846. The van der Waals surface area contributed by atoms with Crippen LogP contribution in [0.2, 0.25) is 0 Å². The van der Waals surface area contributed by atoms with Crippen molar-refractivity contribution in [2.45, 2.75) is 13.8 Å². The summed E-state index contributed by atoms with van der Waals surface area (Å²) in [6.45, 7) is 4.72. The molecule has 116 valence electrons. The Bertz CT molecular complexity index is 747. The zero-order chi connectivity index (χ0) is 16.1. The Morgan fingerprint density at radius 2 is 1.86 bits per heavy atom. The number of rotatable bonds is 5. The van der Waals surface area contributed by atoms with Gasteiger partial charge in [-0.3, -0.25) is 9.59 Å². The molecular weight excluding hydrogens is 284 g/mol. The Labute approximate surface area is 127 Å². The van der Waals surface area contributed by atoms with Crippen molar-refractivity contribution in [3.05, 3.63) is 46.3 Å². The molecule has 6 heteroatoms. The van der Waals surface area contributed by atoms with E-state index in [1.54, 1.807) is 29.2 Å². The first kappa shape index (κ1) is 15.8. The van der Waals surface area contributed by atoms with Crippen LogP contribution >= 0.6 is 0 Å². The highest BCUT2D eigenvalue weighted by atomic mass is 16.4. The van der Waals surface area contributed by atoms with Crippen LogP contribution in [0.4, 0.5) is 0 Å². The van der Waals surface area contributed by atoms with Crippen LogP contribution < -0.4 is 10.9 Å². The molecule has 0 aliphatic heterocycles. The molecule has 0 spiro atoms. The van der Waals surface area contributed by atoms with Crippen molar-refractivity contribution < 1.29 is 14.0 Å². The van der Waals surface area contributed by atoms with Gasteiger partial charge in [-0.15, -0.1) is 0 Å². The second-order valence-electron chi connectivity index (χ2n) is 4.73. The lowest BCUT2D eigenvalue weighted by Gasteiger charge is -2.18. The number of nitrogens with zero attached hydrogens (tertiary/aromatic N) is 1. The maximum atomic E-state index is 12.1. The van der Waals surface area contributed by atoms with Crippen molar-refractivity contribution in [3.63, 3.8) is 0 Å². The molecule has 2 rings (SSSR count). The molecular formula is C16H18N2O4. The molecule has 0 saturated heterocycles. The Kier molecular flexibility index (Phi) is 4.93. The normalized spacial score (nSPS) is 10.5. The summed E-state index contributed by atoms with van der Waals surface area (Å²) in [6.07, 6.45) is 0. The predicted octanol–water partition coefficient (Wildman–Crippen LogP) is 1.39. The number of likely N-dealkylation sites (N-methyl/N-ethyl adjacent to an activating group) is 1. The second kappa shape index (κ2) is 6.89. The lowest BCUT2D eigenvalue weighted by Crippen LogP contribution is -2.40. The SMILES string of the molecule is CCN(CC)C(=O)CNC(=O)c1cc2ccccc2oc1=O. The molecule has 6 nitrogen and oxygen atoms in total. The number of carbonyl (C=O) groups excluding carboxylic acids is 2. The summed E-state index contributed by atoms with van der Waals surface area (Å²) in [4.78, 5) is 37.4. The molecule has 0 aliphatic rings. The van der Waals surface area contributed by atoms with E-state index in [9.17, 15) is 14.4 Å². The number of para-hydroxylation sites is 1. The molecule has 0 radical (unpaired) electrons. The molecule has 2 aromatic rings.